The number of amides is 1. The zero-order valence-electron chi connectivity index (χ0n) is 21.1. The van der Waals surface area contributed by atoms with Crippen molar-refractivity contribution in [1.29, 1.82) is 0 Å². The topological polar surface area (TPSA) is 57.7 Å². The molecule has 2 heterocycles. The second kappa shape index (κ2) is 16.8. The maximum absolute atomic E-state index is 11.9. The molecule has 0 aromatic carbocycles. The van der Waals surface area contributed by atoms with Gasteiger partial charge < -0.3 is 15.0 Å². The number of rotatable bonds is 15. The Bertz CT molecular complexity index is 685. The fourth-order valence-electron chi connectivity index (χ4n) is 5.13. The number of morpholine rings is 1. The first-order valence-corrected chi connectivity index (χ1v) is 13.7. The predicted molar refractivity (Wildman–Crippen MR) is 140 cm³/mol. The molecular weight excluding hydrogens is 424 g/mol. The van der Waals surface area contributed by atoms with Crippen LogP contribution in [0.15, 0.2) is 30.6 Å². The van der Waals surface area contributed by atoms with Gasteiger partial charge in [0, 0.05) is 44.1 Å². The van der Waals surface area contributed by atoms with Crippen molar-refractivity contribution in [1.82, 2.24) is 20.1 Å². The standard InChI is InChI=1S/C28H46N4O2/c33-28(15-14-26-11-9-16-29-25-26)30-17-7-2-1-3-8-19-32(27-12-5-4-6-13-27)20-10-18-31-21-23-34-24-22-31/h9,11,14-16,25,27H,1-8,10,12-13,17-24H2,(H,30,33)/b15-14+. The van der Waals surface area contributed by atoms with E-state index >= 15 is 0 Å². The van der Waals surface area contributed by atoms with Crippen molar-refractivity contribution in [2.75, 3.05) is 52.5 Å². The van der Waals surface area contributed by atoms with E-state index in [0.717, 1.165) is 50.9 Å². The lowest BCUT2D eigenvalue weighted by atomic mass is 9.93. The number of ether oxygens (including phenoxy) is 1. The third-order valence-corrected chi connectivity index (χ3v) is 7.15. The largest absolute Gasteiger partial charge is 0.379 e. The van der Waals surface area contributed by atoms with Gasteiger partial charge in [0.05, 0.1) is 13.2 Å². The van der Waals surface area contributed by atoms with Crippen LogP contribution in [0, 0.1) is 0 Å². The molecule has 0 atom stereocenters. The smallest absolute Gasteiger partial charge is 0.243 e. The first kappa shape index (κ1) is 26.8. The van der Waals surface area contributed by atoms with Crippen LogP contribution in [0.5, 0.6) is 0 Å². The molecule has 2 aliphatic rings. The Labute approximate surface area is 207 Å². The van der Waals surface area contributed by atoms with E-state index in [-0.39, 0.29) is 5.91 Å². The second-order valence-electron chi connectivity index (χ2n) is 9.81. The number of nitrogens with one attached hydrogen (secondary N) is 1. The molecule has 190 valence electrons. The van der Waals surface area contributed by atoms with Gasteiger partial charge in [-0.2, -0.15) is 0 Å². The zero-order chi connectivity index (χ0) is 23.7. The van der Waals surface area contributed by atoms with Crippen LogP contribution in [0.2, 0.25) is 0 Å². The Kier molecular flexibility index (Phi) is 13.3. The first-order chi connectivity index (χ1) is 16.8. The molecule has 0 unspecified atom stereocenters. The number of nitrogens with zero attached hydrogens (tertiary/aromatic N) is 3. The van der Waals surface area contributed by atoms with E-state index in [9.17, 15) is 4.79 Å². The van der Waals surface area contributed by atoms with Gasteiger partial charge >= 0.3 is 0 Å². The van der Waals surface area contributed by atoms with Crippen molar-refractivity contribution in [3.8, 4) is 0 Å². The van der Waals surface area contributed by atoms with E-state index in [2.05, 4.69) is 20.1 Å². The highest BCUT2D eigenvalue weighted by Crippen LogP contribution is 2.23. The van der Waals surface area contributed by atoms with Gasteiger partial charge in [-0.15, -0.1) is 0 Å². The molecule has 1 aromatic heterocycles. The van der Waals surface area contributed by atoms with Gasteiger partial charge in [0.15, 0.2) is 0 Å². The molecular formula is C28H46N4O2. The lowest BCUT2D eigenvalue weighted by Crippen LogP contribution is -2.41. The summed E-state index contributed by atoms with van der Waals surface area (Å²) in [6.45, 7) is 8.48. The fourth-order valence-corrected chi connectivity index (χ4v) is 5.13. The molecule has 6 heteroatoms. The average Bonchev–Trinajstić information content (AvgIpc) is 2.89. The Morgan fingerprint density at radius 3 is 2.62 bits per heavy atom. The van der Waals surface area contributed by atoms with Gasteiger partial charge in [-0.25, -0.2) is 0 Å². The maximum atomic E-state index is 11.9. The van der Waals surface area contributed by atoms with Crippen LogP contribution < -0.4 is 5.32 Å². The predicted octanol–water partition coefficient (Wildman–Crippen LogP) is 4.52. The van der Waals surface area contributed by atoms with E-state index in [4.69, 9.17) is 4.74 Å². The summed E-state index contributed by atoms with van der Waals surface area (Å²) in [7, 11) is 0. The minimum atomic E-state index is -0.0240. The summed E-state index contributed by atoms with van der Waals surface area (Å²) in [5.41, 5.74) is 0.945. The van der Waals surface area contributed by atoms with E-state index in [1.807, 2.05) is 12.1 Å². The van der Waals surface area contributed by atoms with E-state index < -0.39 is 0 Å². The molecule has 0 radical (unpaired) electrons. The number of hydrogen-bond donors (Lipinski definition) is 1. The zero-order valence-corrected chi connectivity index (χ0v) is 21.1. The van der Waals surface area contributed by atoms with Gasteiger partial charge in [-0.1, -0.05) is 44.6 Å². The summed E-state index contributed by atoms with van der Waals surface area (Å²) < 4.78 is 5.48. The molecule has 1 saturated carbocycles. The normalized spacial score (nSPS) is 18.0. The van der Waals surface area contributed by atoms with Crippen LogP contribution in [0.25, 0.3) is 6.08 Å². The summed E-state index contributed by atoms with van der Waals surface area (Å²) in [6.07, 6.45) is 21.3. The number of unbranched alkanes of at least 4 members (excludes halogenated alkanes) is 4. The van der Waals surface area contributed by atoms with Gasteiger partial charge in [0.2, 0.25) is 5.91 Å². The summed E-state index contributed by atoms with van der Waals surface area (Å²) in [4.78, 5) is 21.4. The minimum absolute atomic E-state index is 0.0240. The van der Waals surface area contributed by atoms with Gasteiger partial charge in [0.1, 0.15) is 0 Å². The molecule has 0 spiro atoms. The van der Waals surface area contributed by atoms with Gasteiger partial charge in [-0.05, 0) is 69.4 Å². The van der Waals surface area contributed by atoms with Crippen LogP contribution >= 0.6 is 0 Å². The fraction of sp³-hybridized carbons (Fsp3) is 0.714. The number of aromatic nitrogens is 1. The molecule has 1 N–H and O–H groups in total. The number of hydrogen-bond acceptors (Lipinski definition) is 5. The molecule has 1 saturated heterocycles. The Morgan fingerprint density at radius 2 is 1.82 bits per heavy atom. The number of carbonyl (C=O) groups is 1. The van der Waals surface area contributed by atoms with Gasteiger partial charge in [-0.3, -0.25) is 14.7 Å². The highest BCUT2D eigenvalue weighted by atomic mass is 16.5. The van der Waals surface area contributed by atoms with E-state index in [1.165, 1.54) is 83.8 Å². The lowest BCUT2D eigenvalue weighted by Gasteiger charge is -2.35. The third kappa shape index (κ3) is 11.1. The Hall–Kier alpha value is -1.76. The quantitative estimate of drug-likeness (QED) is 0.302. The summed E-state index contributed by atoms with van der Waals surface area (Å²) in [6, 6.07) is 4.63. The molecule has 6 nitrogen and oxygen atoms in total. The molecule has 1 aliphatic carbocycles. The highest BCUT2D eigenvalue weighted by Gasteiger charge is 2.21. The van der Waals surface area contributed by atoms with Crippen LogP contribution in [-0.2, 0) is 9.53 Å². The molecule has 34 heavy (non-hydrogen) atoms. The Balaban J connectivity index is 1.23. The summed E-state index contributed by atoms with van der Waals surface area (Å²) in [5, 5.41) is 2.99. The maximum Gasteiger partial charge on any atom is 0.243 e. The average molecular weight is 471 g/mol. The summed E-state index contributed by atoms with van der Waals surface area (Å²) >= 11 is 0. The minimum Gasteiger partial charge on any atom is -0.379 e. The van der Waals surface area contributed by atoms with E-state index in [1.54, 1.807) is 24.5 Å². The van der Waals surface area contributed by atoms with Crippen molar-refractivity contribution < 1.29 is 9.53 Å². The first-order valence-electron chi connectivity index (χ1n) is 13.7. The summed E-state index contributed by atoms with van der Waals surface area (Å²) in [5.74, 6) is -0.0240. The van der Waals surface area contributed by atoms with Crippen molar-refractivity contribution in [3.05, 3.63) is 36.2 Å². The van der Waals surface area contributed by atoms with Gasteiger partial charge in [0.25, 0.3) is 0 Å². The van der Waals surface area contributed by atoms with Crippen LogP contribution in [-0.4, -0.2) is 79.2 Å². The number of pyridine rings is 1. The van der Waals surface area contributed by atoms with Crippen molar-refractivity contribution in [3.63, 3.8) is 0 Å². The Morgan fingerprint density at radius 1 is 1.06 bits per heavy atom. The third-order valence-electron chi connectivity index (χ3n) is 7.15. The molecule has 1 aromatic rings. The molecule has 2 fully saturated rings. The monoisotopic (exact) mass is 470 g/mol. The number of carbonyl (C=O) groups excluding carboxylic acids is 1. The molecule has 0 bridgehead atoms. The van der Waals surface area contributed by atoms with Crippen molar-refractivity contribution >= 4 is 12.0 Å². The van der Waals surface area contributed by atoms with Crippen LogP contribution in [0.4, 0.5) is 0 Å². The van der Waals surface area contributed by atoms with Crippen molar-refractivity contribution in [2.45, 2.75) is 76.7 Å². The molecule has 1 aliphatic heterocycles. The SMILES string of the molecule is O=C(/C=C/c1cccnc1)NCCCCCCCN(CCCN1CCOCC1)C1CCCCC1. The molecule has 3 rings (SSSR count). The second-order valence-corrected chi connectivity index (χ2v) is 9.81. The van der Waals surface area contributed by atoms with Crippen LogP contribution in [0.1, 0.15) is 76.2 Å². The van der Waals surface area contributed by atoms with E-state index in [0.29, 0.717) is 0 Å². The molecule has 1 amide bonds. The highest BCUT2D eigenvalue weighted by molar-refractivity contribution is 5.91. The van der Waals surface area contributed by atoms with Crippen LogP contribution in [0.3, 0.4) is 0 Å². The lowest BCUT2D eigenvalue weighted by molar-refractivity contribution is -0.116. The van der Waals surface area contributed by atoms with Crippen molar-refractivity contribution in [2.24, 2.45) is 0 Å².